The molecule has 94 valence electrons. The highest BCUT2D eigenvalue weighted by atomic mass is 35.5. The zero-order chi connectivity index (χ0) is 12.8. The number of nitrogens with one attached hydrogen (secondary N) is 1. The lowest BCUT2D eigenvalue weighted by Gasteiger charge is -2.17. The standard InChI is InChI=1S/C11H15ClN2O3/c12-5-10(16)14-8-3-1-7(2-4-8)11(17)9(13)6-15/h1-4,9,11,15,17H,5-6,13H2,(H,14,16)/t9-,11-/m1/s1. The van der Waals surface area contributed by atoms with E-state index in [-0.39, 0.29) is 18.4 Å². The summed E-state index contributed by atoms with van der Waals surface area (Å²) in [7, 11) is 0. The number of nitrogens with two attached hydrogens (primary N) is 1. The maximum atomic E-state index is 11.0. The molecule has 0 saturated heterocycles. The molecular formula is C11H15ClN2O3. The van der Waals surface area contributed by atoms with Crippen LogP contribution in [0.5, 0.6) is 0 Å². The molecule has 0 saturated carbocycles. The Morgan fingerprint density at radius 1 is 1.41 bits per heavy atom. The fraction of sp³-hybridized carbons (Fsp3) is 0.364. The van der Waals surface area contributed by atoms with Crippen LogP contribution < -0.4 is 11.1 Å². The van der Waals surface area contributed by atoms with E-state index >= 15 is 0 Å². The van der Waals surface area contributed by atoms with Gasteiger partial charge in [-0.05, 0) is 17.7 Å². The van der Waals surface area contributed by atoms with E-state index in [1.807, 2.05) is 0 Å². The number of benzene rings is 1. The molecule has 2 atom stereocenters. The van der Waals surface area contributed by atoms with Crippen molar-refractivity contribution in [1.82, 2.24) is 0 Å². The van der Waals surface area contributed by atoms with E-state index in [0.717, 1.165) is 0 Å². The molecule has 1 aromatic rings. The maximum Gasteiger partial charge on any atom is 0.239 e. The zero-order valence-corrected chi connectivity index (χ0v) is 9.89. The summed E-state index contributed by atoms with van der Waals surface area (Å²) in [6, 6.07) is 5.80. The van der Waals surface area contributed by atoms with E-state index in [9.17, 15) is 9.90 Å². The van der Waals surface area contributed by atoms with Crippen molar-refractivity contribution in [2.75, 3.05) is 17.8 Å². The molecule has 0 heterocycles. The average Bonchev–Trinajstić information content (AvgIpc) is 2.37. The van der Waals surface area contributed by atoms with Gasteiger partial charge in [0.1, 0.15) is 5.88 Å². The lowest BCUT2D eigenvalue weighted by molar-refractivity contribution is -0.113. The minimum Gasteiger partial charge on any atom is -0.395 e. The third-order valence-corrected chi connectivity index (χ3v) is 2.52. The van der Waals surface area contributed by atoms with Crippen LogP contribution in [0.1, 0.15) is 11.7 Å². The second-order valence-electron chi connectivity index (χ2n) is 3.60. The van der Waals surface area contributed by atoms with Gasteiger partial charge < -0.3 is 21.3 Å². The van der Waals surface area contributed by atoms with Crippen molar-refractivity contribution in [1.29, 1.82) is 0 Å². The van der Waals surface area contributed by atoms with Crippen molar-refractivity contribution >= 4 is 23.2 Å². The normalized spacial score (nSPS) is 14.1. The van der Waals surface area contributed by atoms with Gasteiger partial charge in [-0.15, -0.1) is 11.6 Å². The number of hydrogen-bond acceptors (Lipinski definition) is 4. The summed E-state index contributed by atoms with van der Waals surface area (Å²) in [5.74, 6) is -0.410. The Kier molecular flexibility index (Phi) is 5.37. The van der Waals surface area contributed by atoms with Gasteiger partial charge in [-0.1, -0.05) is 12.1 Å². The number of aliphatic hydroxyl groups is 2. The third-order valence-electron chi connectivity index (χ3n) is 2.27. The maximum absolute atomic E-state index is 11.0. The summed E-state index contributed by atoms with van der Waals surface area (Å²) in [5, 5.41) is 21.1. The number of halogens is 1. The Balaban J connectivity index is 2.70. The highest BCUT2D eigenvalue weighted by Crippen LogP contribution is 2.18. The number of carbonyl (C=O) groups excluding carboxylic acids is 1. The van der Waals surface area contributed by atoms with E-state index < -0.39 is 12.1 Å². The number of rotatable bonds is 5. The van der Waals surface area contributed by atoms with Gasteiger partial charge in [-0.2, -0.15) is 0 Å². The number of aliphatic hydroxyl groups excluding tert-OH is 2. The summed E-state index contributed by atoms with van der Waals surface area (Å²) in [6.45, 7) is -0.300. The van der Waals surface area contributed by atoms with E-state index in [2.05, 4.69) is 5.32 Å². The Morgan fingerprint density at radius 2 is 2.00 bits per heavy atom. The predicted molar refractivity (Wildman–Crippen MR) is 65.8 cm³/mol. The minimum absolute atomic E-state index is 0.111. The van der Waals surface area contributed by atoms with Gasteiger partial charge >= 0.3 is 0 Å². The first-order valence-corrected chi connectivity index (χ1v) is 5.62. The summed E-state index contributed by atoms with van der Waals surface area (Å²) in [6.07, 6.45) is -0.933. The van der Waals surface area contributed by atoms with Gasteiger partial charge in [-0.25, -0.2) is 0 Å². The Morgan fingerprint density at radius 3 is 2.47 bits per heavy atom. The van der Waals surface area contributed by atoms with Crippen molar-refractivity contribution in [3.05, 3.63) is 29.8 Å². The van der Waals surface area contributed by atoms with Crippen molar-refractivity contribution in [2.45, 2.75) is 12.1 Å². The summed E-state index contributed by atoms with van der Waals surface area (Å²) >= 11 is 5.35. The second-order valence-corrected chi connectivity index (χ2v) is 3.86. The van der Waals surface area contributed by atoms with Crippen LogP contribution >= 0.6 is 11.6 Å². The largest absolute Gasteiger partial charge is 0.395 e. The van der Waals surface area contributed by atoms with Crippen molar-refractivity contribution in [2.24, 2.45) is 5.73 Å². The fourth-order valence-electron chi connectivity index (χ4n) is 1.31. The van der Waals surface area contributed by atoms with Crippen LogP contribution in [0.15, 0.2) is 24.3 Å². The Bertz CT molecular complexity index is 369. The van der Waals surface area contributed by atoms with Crippen molar-refractivity contribution in [3.8, 4) is 0 Å². The lowest BCUT2D eigenvalue weighted by atomic mass is 10.0. The number of anilines is 1. The lowest BCUT2D eigenvalue weighted by Crippen LogP contribution is -2.31. The topological polar surface area (TPSA) is 95.6 Å². The molecule has 0 aliphatic rings. The molecule has 1 aromatic carbocycles. The van der Waals surface area contributed by atoms with E-state index in [1.165, 1.54) is 0 Å². The van der Waals surface area contributed by atoms with E-state index in [0.29, 0.717) is 11.3 Å². The van der Waals surface area contributed by atoms with E-state index in [4.69, 9.17) is 22.4 Å². The number of alkyl halides is 1. The summed E-state index contributed by atoms with van der Waals surface area (Å²) < 4.78 is 0. The van der Waals surface area contributed by atoms with Gasteiger partial charge in [0.15, 0.2) is 0 Å². The van der Waals surface area contributed by atoms with E-state index in [1.54, 1.807) is 24.3 Å². The second kappa shape index (κ2) is 6.56. The van der Waals surface area contributed by atoms with Gasteiger partial charge in [0.25, 0.3) is 0 Å². The minimum atomic E-state index is -0.933. The number of hydrogen-bond donors (Lipinski definition) is 4. The molecule has 0 bridgehead atoms. The monoisotopic (exact) mass is 258 g/mol. The first-order valence-electron chi connectivity index (χ1n) is 5.08. The van der Waals surface area contributed by atoms with Crippen LogP contribution in [0.4, 0.5) is 5.69 Å². The van der Waals surface area contributed by atoms with Crippen LogP contribution in [-0.4, -0.2) is 34.6 Å². The summed E-state index contributed by atoms with van der Waals surface area (Å²) in [5.41, 5.74) is 6.67. The molecule has 0 radical (unpaired) electrons. The highest BCUT2D eigenvalue weighted by Gasteiger charge is 2.15. The predicted octanol–water partition coefficient (Wildman–Crippen LogP) is 0.217. The van der Waals surface area contributed by atoms with Crippen molar-refractivity contribution < 1.29 is 15.0 Å². The fourth-order valence-corrected chi connectivity index (χ4v) is 1.37. The molecule has 5 nitrogen and oxygen atoms in total. The molecule has 1 amide bonds. The Labute approximate surface area is 104 Å². The molecule has 0 aromatic heterocycles. The van der Waals surface area contributed by atoms with Gasteiger partial charge in [0, 0.05) is 5.69 Å². The molecular weight excluding hydrogens is 244 g/mol. The van der Waals surface area contributed by atoms with Crippen LogP contribution in [0.25, 0.3) is 0 Å². The quantitative estimate of drug-likeness (QED) is 0.568. The first-order chi connectivity index (χ1) is 8.08. The molecule has 0 aliphatic carbocycles. The molecule has 5 N–H and O–H groups in total. The Hall–Kier alpha value is -1.14. The smallest absolute Gasteiger partial charge is 0.239 e. The van der Waals surface area contributed by atoms with Crippen LogP contribution in [0.3, 0.4) is 0 Å². The van der Waals surface area contributed by atoms with Crippen LogP contribution in [-0.2, 0) is 4.79 Å². The number of amides is 1. The zero-order valence-electron chi connectivity index (χ0n) is 9.14. The first kappa shape index (κ1) is 13.9. The van der Waals surface area contributed by atoms with Gasteiger partial charge in [0.05, 0.1) is 18.8 Å². The molecule has 1 rings (SSSR count). The van der Waals surface area contributed by atoms with Crippen molar-refractivity contribution in [3.63, 3.8) is 0 Å². The molecule has 0 spiro atoms. The number of carbonyl (C=O) groups is 1. The van der Waals surface area contributed by atoms with Gasteiger partial charge in [-0.3, -0.25) is 4.79 Å². The molecule has 6 heteroatoms. The molecule has 17 heavy (non-hydrogen) atoms. The average molecular weight is 259 g/mol. The third kappa shape index (κ3) is 3.98. The van der Waals surface area contributed by atoms with Crippen LogP contribution in [0, 0.1) is 0 Å². The van der Waals surface area contributed by atoms with Gasteiger partial charge in [0.2, 0.25) is 5.91 Å². The highest BCUT2D eigenvalue weighted by molar-refractivity contribution is 6.29. The molecule has 0 unspecified atom stereocenters. The van der Waals surface area contributed by atoms with Crippen LogP contribution in [0.2, 0.25) is 0 Å². The molecule has 0 aliphatic heterocycles. The molecule has 0 fully saturated rings. The SMILES string of the molecule is N[C@H](CO)[C@H](O)c1ccc(NC(=O)CCl)cc1. The summed E-state index contributed by atoms with van der Waals surface area (Å²) in [4.78, 5) is 11.0.